The van der Waals surface area contributed by atoms with Crippen LogP contribution in [0.25, 0.3) is 0 Å². The molecule has 1 aromatic rings. The lowest BCUT2D eigenvalue weighted by atomic mass is 9.81. The van der Waals surface area contributed by atoms with Crippen molar-refractivity contribution < 1.29 is 73.4 Å². The summed E-state index contributed by atoms with van der Waals surface area (Å²) in [4.78, 5) is 24.8. The van der Waals surface area contributed by atoms with Gasteiger partial charge in [-0.25, -0.2) is 4.79 Å². The van der Waals surface area contributed by atoms with Crippen LogP contribution < -0.4 is 0 Å². The van der Waals surface area contributed by atoms with Crippen LogP contribution in [0.4, 0.5) is 0 Å². The van der Waals surface area contributed by atoms with Crippen molar-refractivity contribution in [3.05, 3.63) is 35.9 Å². The molecule has 0 unspecified atom stereocenters. The number of hydrogen-bond donors (Lipinski definition) is 6. The normalized spacial score (nSPS) is 37.5. The molecule has 0 radical (unpaired) electrons. The second-order valence-electron chi connectivity index (χ2n) is 14.9. The third kappa shape index (κ3) is 10.9. The van der Waals surface area contributed by atoms with E-state index in [1.807, 2.05) is 30.3 Å². The first-order chi connectivity index (χ1) is 25.5. The molecule has 2 saturated carbocycles. The van der Waals surface area contributed by atoms with Gasteiger partial charge in [0.05, 0.1) is 38.6 Å². The van der Waals surface area contributed by atoms with Crippen LogP contribution in [0.15, 0.2) is 30.3 Å². The standard InChI is InChI=1S/C38H58O15/c1-21-29(41)31(43)32(44)37(49-21)53-33-24(16-17-28(40)47-2)14-9-15-25(33)51-38-35(48-20-23-12-7-4-8-13-23)34(30(42)27(19-39)52-38)50-26(36(45)46)18-22-10-5-3-6-11-22/h4,7-8,12-13,21-22,24-27,29-35,37-39,41-44H,3,5-6,9-11,14-20H2,1-2H3,(H,45,46)/t21-,24+,25+,26-,27+,29+,30-,31+,32-,33+,34-,35+,37-,38+/m0/s1. The Morgan fingerprint density at radius 1 is 0.830 bits per heavy atom. The van der Waals surface area contributed by atoms with Crippen LogP contribution in [0.3, 0.4) is 0 Å². The molecule has 53 heavy (non-hydrogen) atoms. The molecule has 0 bridgehead atoms. The topological polar surface area (TPSA) is 220 Å². The Morgan fingerprint density at radius 2 is 1.57 bits per heavy atom. The summed E-state index contributed by atoms with van der Waals surface area (Å²) in [5.41, 5.74) is 0.792. The van der Waals surface area contributed by atoms with E-state index in [-0.39, 0.29) is 31.3 Å². The molecule has 0 aromatic heterocycles. The summed E-state index contributed by atoms with van der Waals surface area (Å²) in [7, 11) is 1.30. The largest absolute Gasteiger partial charge is 0.479 e. The highest BCUT2D eigenvalue weighted by Crippen LogP contribution is 2.39. The lowest BCUT2D eigenvalue weighted by Crippen LogP contribution is -2.63. The molecule has 300 valence electrons. The summed E-state index contributed by atoms with van der Waals surface area (Å²) in [5, 5.41) is 63.9. The highest BCUT2D eigenvalue weighted by atomic mass is 16.7. The van der Waals surface area contributed by atoms with E-state index in [0.29, 0.717) is 25.7 Å². The molecule has 2 aliphatic heterocycles. The number of carbonyl (C=O) groups excluding carboxylic acids is 1. The number of aliphatic carboxylic acids is 1. The van der Waals surface area contributed by atoms with E-state index in [2.05, 4.69) is 0 Å². The quantitative estimate of drug-likeness (QED) is 0.133. The first-order valence-corrected chi connectivity index (χ1v) is 19.1. The number of methoxy groups -OCH3 is 1. The number of aliphatic hydroxyl groups excluding tert-OH is 5. The van der Waals surface area contributed by atoms with Crippen molar-refractivity contribution in [2.24, 2.45) is 11.8 Å². The van der Waals surface area contributed by atoms with Gasteiger partial charge in [0.15, 0.2) is 18.7 Å². The zero-order valence-corrected chi connectivity index (χ0v) is 30.6. The zero-order valence-electron chi connectivity index (χ0n) is 30.6. The van der Waals surface area contributed by atoms with Crippen molar-refractivity contribution >= 4 is 11.9 Å². The van der Waals surface area contributed by atoms with E-state index in [4.69, 9.17) is 33.2 Å². The van der Waals surface area contributed by atoms with Crippen LogP contribution in [0, 0.1) is 11.8 Å². The molecule has 0 amide bonds. The van der Waals surface area contributed by atoms with Gasteiger partial charge in [-0.05, 0) is 50.0 Å². The Morgan fingerprint density at radius 3 is 2.25 bits per heavy atom. The molecule has 15 heteroatoms. The predicted octanol–water partition coefficient (Wildman–Crippen LogP) is 1.81. The fraction of sp³-hybridized carbons (Fsp3) is 0.789. The summed E-state index contributed by atoms with van der Waals surface area (Å²) in [6.07, 6.45) is -8.78. The molecule has 0 spiro atoms. The minimum absolute atomic E-state index is 0.0397. The number of hydrogen-bond acceptors (Lipinski definition) is 14. The number of ether oxygens (including phenoxy) is 7. The number of rotatable bonds is 16. The lowest BCUT2D eigenvalue weighted by Gasteiger charge is -2.48. The summed E-state index contributed by atoms with van der Waals surface area (Å²) in [5.74, 6) is -1.75. The fourth-order valence-corrected chi connectivity index (χ4v) is 8.10. The van der Waals surface area contributed by atoms with Gasteiger partial charge in [0.2, 0.25) is 0 Å². The third-order valence-corrected chi connectivity index (χ3v) is 11.2. The molecule has 4 fully saturated rings. The van der Waals surface area contributed by atoms with Crippen molar-refractivity contribution in [2.75, 3.05) is 13.7 Å². The maximum Gasteiger partial charge on any atom is 0.332 e. The van der Waals surface area contributed by atoms with Gasteiger partial charge in [-0.3, -0.25) is 4.79 Å². The van der Waals surface area contributed by atoms with Crippen LogP contribution in [0.2, 0.25) is 0 Å². The van der Waals surface area contributed by atoms with E-state index >= 15 is 0 Å². The van der Waals surface area contributed by atoms with Crippen molar-refractivity contribution in [1.82, 2.24) is 0 Å². The Kier molecular flexibility index (Phi) is 15.8. The summed E-state index contributed by atoms with van der Waals surface area (Å²) in [6, 6.07) is 9.25. The third-order valence-electron chi connectivity index (χ3n) is 11.2. The number of carbonyl (C=O) groups is 2. The molecule has 2 aliphatic carbocycles. The smallest absolute Gasteiger partial charge is 0.332 e. The van der Waals surface area contributed by atoms with Gasteiger partial charge < -0.3 is 63.8 Å². The zero-order chi connectivity index (χ0) is 38.1. The molecule has 6 N–H and O–H groups in total. The van der Waals surface area contributed by atoms with Gasteiger partial charge in [0, 0.05) is 6.42 Å². The summed E-state index contributed by atoms with van der Waals surface area (Å²) < 4.78 is 42.6. The molecule has 15 nitrogen and oxygen atoms in total. The molecule has 2 saturated heterocycles. The van der Waals surface area contributed by atoms with E-state index in [0.717, 1.165) is 37.7 Å². The van der Waals surface area contributed by atoms with Gasteiger partial charge in [-0.2, -0.15) is 0 Å². The first-order valence-electron chi connectivity index (χ1n) is 19.1. The van der Waals surface area contributed by atoms with Crippen LogP contribution >= 0.6 is 0 Å². The molecule has 14 atom stereocenters. The van der Waals surface area contributed by atoms with Gasteiger partial charge >= 0.3 is 11.9 Å². The predicted molar refractivity (Wildman–Crippen MR) is 185 cm³/mol. The number of carboxylic acid groups (broad SMARTS) is 1. The molecule has 1 aromatic carbocycles. The van der Waals surface area contributed by atoms with E-state index in [1.54, 1.807) is 6.92 Å². The van der Waals surface area contributed by atoms with E-state index < -0.39 is 98.3 Å². The SMILES string of the molecule is COC(=O)CC[C@H]1CCC[C@@H](O[C@@H]2O[C@H](CO)[C@H](O)[C@H](O[C@@H](CC3CCCCC3)C(=O)O)[C@H]2OCc2ccccc2)[C@@H]1O[C@@H]1O[C@@H](C)[C@@H](O)[C@@H](O)[C@@H]1O. The van der Waals surface area contributed by atoms with Crippen molar-refractivity contribution in [2.45, 2.75) is 164 Å². The maximum atomic E-state index is 12.6. The van der Waals surface area contributed by atoms with Crippen molar-refractivity contribution in [3.63, 3.8) is 0 Å². The second-order valence-corrected chi connectivity index (χ2v) is 14.9. The highest BCUT2D eigenvalue weighted by Gasteiger charge is 2.52. The number of benzene rings is 1. The highest BCUT2D eigenvalue weighted by molar-refractivity contribution is 5.72. The monoisotopic (exact) mass is 754 g/mol. The van der Waals surface area contributed by atoms with E-state index in [9.17, 15) is 40.2 Å². The first kappa shape index (κ1) is 41.9. The Hall–Kier alpha value is -2.28. The van der Waals surface area contributed by atoms with Crippen LogP contribution in [-0.2, 0) is 49.4 Å². The Balaban J connectivity index is 1.44. The number of aliphatic hydroxyl groups is 5. The molecule has 4 aliphatic rings. The molecule has 5 rings (SSSR count). The second kappa shape index (κ2) is 20.1. The number of esters is 1. The number of carboxylic acids is 1. The van der Waals surface area contributed by atoms with Crippen LogP contribution in [-0.4, -0.2) is 136 Å². The average Bonchev–Trinajstić information content (AvgIpc) is 3.17. The van der Waals surface area contributed by atoms with E-state index in [1.165, 1.54) is 7.11 Å². The Labute approximate surface area is 310 Å². The van der Waals surface area contributed by atoms with Gasteiger partial charge in [0.25, 0.3) is 0 Å². The van der Waals surface area contributed by atoms with Crippen LogP contribution in [0.5, 0.6) is 0 Å². The van der Waals surface area contributed by atoms with Gasteiger partial charge in [0.1, 0.15) is 42.7 Å². The maximum absolute atomic E-state index is 12.6. The van der Waals surface area contributed by atoms with Gasteiger partial charge in [-0.15, -0.1) is 0 Å². The van der Waals surface area contributed by atoms with Crippen LogP contribution in [0.1, 0.15) is 83.1 Å². The summed E-state index contributed by atoms with van der Waals surface area (Å²) >= 11 is 0. The fourth-order valence-electron chi connectivity index (χ4n) is 8.10. The van der Waals surface area contributed by atoms with Crippen molar-refractivity contribution in [3.8, 4) is 0 Å². The minimum atomic E-state index is -1.60. The Bertz CT molecular complexity index is 1260. The average molecular weight is 755 g/mol. The molecular weight excluding hydrogens is 696 g/mol. The summed E-state index contributed by atoms with van der Waals surface area (Å²) in [6.45, 7) is 0.959. The molecular formula is C38H58O15. The lowest BCUT2D eigenvalue weighted by molar-refractivity contribution is -0.354. The van der Waals surface area contributed by atoms with Crippen molar-refractivity contribution in [1.29, 1.82) is 0 Å². The molecule has 2 heterocycles. The minimum Gasteiger partial charge on any atom is -0.479 e. The van der Waals surface area contributed by atoms with Gasteiger partial charge in [-0.1, -0.05) is 68.9 Å².